The summed E-state index contributed by atoms with van der Waals surface area (Å²) in [7, 11) is -3.56. The van der Waals surface area contributed by atoms with Crippen molar-refractivity contribution in [2.45, 2.75) is 37.0 Å². The van der Waals surface area contributed by atoms with Crippen LogP contribution >= 0.6 is 11.3 Å². The number of carbonyl (C=O) groups is 1. The standard InChI is InChI=1S/C19H20N2O4S2/c1-13(2)19-21-15(11-26-19)10-20-18(22)17-14(8-9-25-17)12-27(23,24)16-6-4-3-5-7-16/h3-9,11,13H,10,12H2,1-2H3,(H,20,22). The molecule has 0 unspecified atom stereocenters. The average Bonchev–Trinajstić information content (AvgIpc) is 3.29. The van der Waals surface area contributed by atoms with Crippen molar-refractivity contribution in [3.05, 3.63) is 70.1 Å². The molecular formula is C19H20N2O4S2. The number of carbonyl (C=O) groups excluding carboxylic acids is 1. The molecule has 27 heavy (non-hydrogen) atoms. The van der Waals surface area contributed by atoms with Gasteiger partial charge in [0.15, 0.2) is 15.6 Å². The maximum absolute atomic E-state index is 12.5. The van der Waals surface area contributed by atoms with Gasteiger partial charge < -0.3 is 9.73 Å². The summed E-state index contributed by atoms with van der Waals surface area (Å²) in [4.78, 5) is 17.1. The number of sulfone groups is 1. The van der Waals surface area contributed by atoms with E-state index >= 15 is 0 Å². The van der Waals surface area contributed by atoms with Gasteiger partial charge in [0, 0.05) is 16.9 Å². The zero-order valence-corrected chi connectivity index (χ0v) is 16.6. The summed E-state index contributed by atoms with van der Waals surface area (Å²) in [6.45, 7) is 4.38. The van der Waals surface area contributed by atoms with Crippen LogP contribution in [0, 0.1) is 0 Å². The summed E-state index contributed by atoms with van der Waals surface area (Å²) in [5, 5.41) is 5.64. The van der Waals surface area contributed by atoms with Crippen molar-refractivity contribution in [1.29, 1.82) is 0 Å². The lowest BCUT2D eigenvalue weighted by Gasteiger charge is -2.06. The molecule has 0 aliphatic rings. The Kier molecular flexibility index (Phi) is 5.76. The number of amides is 1. The number of rotatable bonds is 7. The van der Waals surface area contributed by atoms with E-state index in [-0.39, 0.29) is 23.0 Å². The van der Waals surface area contributed by atoms with Crippen molar-refractivity contribution >= 4 is 27.1 Å². The first-order valence-corrected chi connectivity index (χ1v) is 11.0. The Labute approximate surface area is 162 Å². The van der Waals surface area contributed by atoms with Gasteiger partial charge in [0.25, 0.3) is 5.91 Å². The Morgan fingerprint density at radius 1 is 1.22 bits per heavy atom. The van der Waals surface area contributed by atoms with Crippen LogP contribution in [-0.4, -0.2) is 19.3 Å². The molecule has 0 spiro atoms. The number of aromatic nitrogens is 1. The topological polar surface area (TPSA) is 89.3 Å². The second-order valence-electron chi connectivity index (χ2n) is 6.36. The molecule has 2 heterocycles. The zero-order chi connectivity index (χ0) is 19.4. The molecule has 0 fully saturated rings. The molecular weight excluding hydrogens is 384 g/mol. The first-order valence-electron chi connectivity index (χ1n) is 8.43. The third-order valence-corrected chi connectivity index (χ3v) is 6.77. The molecule has 0 aliphatic carbocycles. The Morgan fingerprint density at radius 3 is 2.63 bits per heavy atom. The van der Waals surface area contributed by atoms with E-state index < -0.39 is 15.7 Å². The van der Waals surface area contributed by atoms with E-state index in [1.54, 1.807) is 29.5 Å². The van der Waals surface area contributed by atoms with E-state index in [0.29, 0.717) is 11.5 Å². The predicted molar refractivity (Wildman–Crippen MR) is 103 cm³/mol. The third kappa shape index (κ3) is 4.64. The monoisotopic (exact) mass is 404 g/mol. The smallest absolute Gasteiger partial charge is 0.287 e. The van der Waals surface area contributed by atoms with Gasteiger partial charge >= 0.3 is 0 Å². The molecule has 0 aliphatic heterocycles. The van der Waals surface area contributed by atoms with Crippen LogP contribution in [0.3, 0.4) is 0 Å². The SMILES string of the molecule is CC(C)c1nc(CNC(=O)c2occc2CS(=O)(=O)c2ccccc2)cs1. The Bertz CT molecular complexity index is 1020. The second kappa shape index (κ2) is 8.06. The summed E-state index contributed by atoms with van der Waals surface area (Å²) < 4.78 is 30.3. The minimum Gasteiger partial charge on any atom is -0.459 e. The number of nitrogens with zero attached hydrogens (tertiary/aromatic N) is 1. The number of nitrogens with one attached hydrogen (secondary N) is 1. The van der Waals surface area contributed by atoms with Crippen LogP contribution in [0.4, 0.5) is 0 Å². The lowest BCUT2D eigenvalue weighted by Crippen LogP contribution is -2.24. The highest BCUT2D eigenvalue weighted by Crippen LogP contribution is 2.21. The van der Waals surface area contributed by atoms with Crippen LogP contribution in [0.1, 0.15) is 46.6 Å². The zero-order valence-electron chi connectivity index (χ0n) is 15.0. The Morgan fingerprint density at radius 2 is 1.96 bits per heavy atom. The summed E-state index contributed by atoms with van der Waals surface area (Å²) in [5.41, 5.74) is 1.10. The first kappa shape index (κ1) is 19.3. The molecule has 0 atom stereocenters. The summed E-state index contributed by atoms with van der Waals surface area (Å²) >= 11 is 1.55. The minimum atomic E-state index is -3.56. The molecule has 0 radical (unpaired) electrons. The Hall–Kier alpha value is -2.45. The highest BCUT2D eigenvalue weighted by Gasteiger charge is 2.22. The van der Waals surface area contributed by atoms with Crippen LogP contribution in [0.25, 0.3) is 0 Å². The third-order valence-electron chi connectivity index (χ3n) is 3.89. The van der Waals surface area contributed by atoms with Gasteiger partial charge in [-0.15, -0.1) is 11.3 Å². The van der Waals surface area contributed by atoms with Crippen LogP contribution in [-0.2, 0) is 22.1 Å². The molecule has 0 bridgehead atoms. The highest BCUT2D eigenvalue weighted by atomic mass is 32.2. The van der Waals surface area contributed by atoms with Gasteiger partial charge in [0.1, 0.15) is 0 Å². The van der Waals surface area contributed by atoms with Gasteiger partial charge in [0.05, 0.1) is 34.2 Å². The lowest BCUT2D eigenvalue weighted by atomic mass is 10.2. The van der Waals surface area contributed by atoms with Gasteiger partial charge in [-0.2, -0.15) is 0 Å². The van der Waals surface area contributed by atoms with E-state index in [1.807, 2.05) is 5.38 Å². The van der Waals surface area contributed by atoms with Crippen molar-refractivity contribution in [3.63, 3.8) is 0 Å². The number of hydrogen-bond donors (Lipinski definition) is 1. The number of benzene rings is 1. The van der Waals surface area contributed by atoms with E-state index in [9.17, 15) is 13.2 Å². The number of hydrogen-bond acceptors (Lipinski definition) is 6. The fourth-order valence-electron chi connectivity index (χ4n) is 2.48. The van der Waals surface area contributed by atoms with E-state index in [1.165, 1.54) is 24.5 Å². The molecule has 142 valence electrons. The maximum atomic E-state index is 12.5. The summed E-state index contributed by atoms with van der Waals surface area (Å²) in [6, 6.07) is 9.64. The summed E-state index contributed by atoms with van der Waals surface area (Å²) in [5.74, 6) is -0.421. The molecule has 2 aromatic heterocycles. The van der Waals surface area contributed by atoms with Crippen molar-refractivity contribution < 1.29 is 17.6 Å². The fraction of sp³-hybridized carbons (Fsp3) is 0.263. The van der Waals surface area contributed by atoms with Crippen molar-refractivity contribution in [3.8, 4) is 0 Å². The molecule has 1 N–H and O–H groups in total. The van der Waals surface area contributed by atoms with Gasteiger partial charge in [-0.1, -0.05) is 32.0 Å². The molecule has 3 aromatic rings. The fourth-order valence-corrected chi connectivity index (χ4v) is 4.69. The predicted octanol–water partition coefficient (Wildman–Crippen LogP) is 3.76. The first-order chi connectivity index (χ1) is 12.9. The lowest BCUT2D eigenvalue weighted by molar-refractivity contribution is 0.0921. The van der Waals surface area contributed by atoms with Crippen LogP contribution in [0.5, 0.6) is 0 Å². The highest BCUT2D eigenvalue weighted by molar-refractivity contribution is 7.90. The van der Waals surface area contributed by atoms with Crippen LogP contribution in [0.2, 0.25) is 0 Å². The molecule has 6 nitrogen and oxygen atoms in total. The maximum Gasteiger partial charge on any atom is 0.287 e. The van der Waals surface area contributed by atoms with Crippen molar-refractivity contribution in [2.24, 2.45) is 0 Å². The number of furan rings is 1. The normalized spacial score (nSPS) is 11.7. The molecule has 1 amide bonds. The van der Waals surface area contributed by atoms with Crippen LogP contribution in [0.15, 0.2) is 57.4 Å². The van der Waals surface area contributed by atoms with Crippen molar-refractivity contribution in [1.82, 2.24) is 10.3 Å². The molecule has 0 saturated carbocycles. The van der Waals surface area contributed by atoms with Crippen molar-refractivity contribution in [2.75, 3.05) is 0 Å². The van der Waals surface area contributed by atoms with E-state index in [2.05, 4.69) is 24.1 Å². The van der Waals surface area contributed by atoms with Gasteiger partial charge in [-0.25, -0.2) is 13.4 Å². The van der Waals surface area contributed by atoms with E-state index in [0.717, 1.165) is 10.7 Å². The molecule has 1 aromatic carbocycles. The van der Waals surface area contributed by atoms with Gasteiger partial charge in [0.2, 0.25) is 0 Å². The quantitative estimate of drug-likeness (QED) is 0.648. The Balaban J connectivity index is 1.69. The summed E-state index contributed by atoms with van der Waals surface area (Å²) in [6.07, 6.45) is 1.32. The minimum absolute atomic E-state index is 0.00817. The second-order valence-corrected chi connectivity index (χ2v) is 9.24. The molecule has 8 heteroatoms. The average molecular weight is 405 g/mol. The van der Waals surface area contributed by atoms with Gasteiger partial charge in [-0.05, 0) is 18.2 Å². The van der Waals surface area contributed by atoms with Crippen LogP contribution < -0.4 is 5.32 Å². The largest absolute Gasteiger partial charge is 0.459 e. The number of thiazole rings is 1. The van der Waals surface area contributed by atoms with E-state index in [4.69, 9.17) is 4.42 Å². The van der Waals surface area contributed by atoms with Gasteiger partial charge in [-0.3, -0.25) is 4.79 Å². The molecule has 3 rings (SSSR count). The molecule has 0 saturated heterocycles.